The summed E-state index contributed by atoms with van der Waals surface area (Å²) in [4.78, 5) is 15.8. The van der Waals surface area contributed by atoms with Gasteiger partial charge in [-0.1, -0.05) is 12.2 Å². The summed E-state index contributed by atoms with van der Waals surface area (Å²) in [6.45, 7) is 2.87. The molecule has 0 aromatic carbocycles. The second kappa shape index (κ2) is 5.48. The highest BCUT2D eigenvalue weighted by Gasteiger charge is 2.21. The first-order chi connectivity index (χ1) is 7.77. The molecule has 1 heterocycles. The van der Waals surface area contributed by atoms with Gasteiger partial charge in [0.2, 0.25) is 5.91 Å². The highest BCUT2D eigenvalue weighted by molar-refractivity contribution is 5.78. The monoisotopic (exact) mass is 222 g/mol. The number of hydrogen-bond acceptors (Lipinski definition) is 2. The molecular weight excluding hydrogens is 200 g/mol. The molecule has 2 aliphatic rings. The summed E-state index contributed by atoms with van der Waals surface area (Å²) in [7, 11) is 2.17. The second-order valence-electron chi connectivity index (χ2n) is 4.89. The van der Waals surface area contributed by atoms with Crippen molar-refractivity contribution in [2.24, 2.45) is 0 Å². The molecule has 2 rings (SSSR count). The van der Waals surface area contributed by atoms with Crippen LogP contribution < -0.4 is 0 Å². The highest BCUT2D eigenvalue weighted by Crippen LogP contribution is 2.15. The van der Waals surface area contributed by atoms with Crippen molar-refractivity contribution < 1.29 is 4.79 Å². The van der Waals surface area contributed by atoms with Gasteiger partial charge in [-0.15, -0.1) is 0 Å². The number of carbonyl (C=O) groups is 1. The maximum absolute atomic E-state index is 11.5. The standard InChI is InChI=1S/C13H22N2O/c1-14(12-6-3-2-4-7-12)10-11-15-9-5-8-13(15)16/h3,6,12H,2,4-5,7-11H2,1H3/t12-/m1/s1. The fourth-order valence-electron chi connectivity index (χ4n) is 2.55. The summed E-state index contributed by atoms with van der Waals surface area (Å²) in [6, 6.07) is 0.589. The summed E-state index contributed by atoms with van der Waals surface area (Å²) in [5.41, 5.74) is 0. The molecule has 0 aromatic rings. The number of likely N-dealkylation sites (tertiary alicyclic amines) is 1. The fraction of sp³-hybridized carbons (Fsp3) is 0.769. The molecule has 3 heteroatoms. The Balaban J connectivity index is 1.74. The van der Waals surface area contributed by atoms with Crippen LogP contribution >= 0.6 is 0 Å². The molecule has 0 radical (unpaired) electrons. The van der Waals surface area contributed by atoms with E-state index >= 15 is 0 Å². The van der Waals surface area contributed by atoms with Gasteiger partial charge in [-0.2, -0.15) is 0 Å². The summed E-state index contributed by atoms with van der Waals surface area (Å²) in [5.74, 6) is 0.340. The Morgan fingerprint density at radius 1 is 1.50 bits per heavy atom. The van der Waals surface area contributed by atoms with Crippen molar-refractivity contribution in [2.45, 2.75) is 38.1 Å². The summed E-state index contributed by atoms with van der Waals surface area (Å²) >= 11 is 0. The second-order valence-corrected chi connectivity index (χ2v) is 4.89. The molecule has 0 aromatic heterocycles. The Bertz CT molecular complexity index is 275. The summed E-state index contributed by atoms with van der Waals surface area (Å²) in [6.07, 6.45) is 10.2. The van der Waals surface area contributed by atoms with Crippen molar-refractivity contribution in [2.75, 3.05) is 26.7 Å². The van der Waals surface area contributed by atoms with Crippen molar-refractivity contribution >= 4 is 5.91 Å². The summed E-state index contributed by atoms with van der Waals surface area (Å²) < 4.78 is 0. The number of hydrogen-bond donors (Lipinski definition) is 0. The Morgan fingerprint density at radius 3 is 3.00 bits per heavy atom. The number of nitrogens with zero attached hydrogens (tertiary/aromatic N) is 2. The van der Waals surface area contributed by atoms with Crippen molar-refractivity contribution in [3.8, 4) is 0 Å². The first kappa shape index (κ1) is 11.6. The van der Waals surface area contributed by atoms with Crippen molar-refractivity contribution in [1.29, 1.82) is 0 Å². The number of carbonyl (C=O) groups excluding carboxylic acids is 1. The Labute approximate surface area is 98.1 Å². The molecule has 1 fully saturated rings. The normalized spacial score (nSPS) is 25.8. The van der Waals surface area contributed by atoms with Crippen LogP contribution in [0.25, 0.3) is 0 Å². The van der Waals surface area contributed by atoms with E-state index in [9.17, 15) is 4.79 Å². The molecule has 3 nitrogen and oxygen atoms in total. The van der Waals surface area contributed by atoms with E-state index in [1.54, 1.807) is 0 Å². The van der Waals surface area contributed by atoms with Crippen LogP contribution in [0.4, 0.5) is 0 Å². The van der Waals surface area contributed by atoms with Crippen LogP contribution in [0, 0.1) is 0 Å². The third-order valence-corrected chi connectivity index (χ3v) is 3.69. The van der Waals surface area contributed by atoms with Crippen LogP contribution in [-0.4, -0.2) is 48.4 Å². The first-order valence-electron chi connectivity index (χ1n) is 6.42. The zero-order chi connectivity index (χ0) is 11.4. The van der Waals surface area contributed by atoms with Gasteiger partial charge < -0.3 is 4.90 Å². The zero-order valence-electron chi connectivity index (χ0n) is 10.2. The van der Waals surface area contributed by atoms with E-state index in [2.05, 4.69) is 24.1 Å². The molecule has 1 amide bonds. The molecule has 1 atom stereocenters. The van der Waals surface area contributed by atoms with E-state index in [-0.39, 0.29) is 0 Å². The molecule has 0 saturated carbocycles. The van der Waals surface area contributed by atoms with E-state index in [0.717, 1.165) is 32.5 Å². The SMILES string of the molecule is CN(CCN1CCCC1=O)[C@@H]1C=CCCC1. The molecule has 0 unspecified atom stereocenters. The number of allylic oxidation sites excluding steroid dienone is 1. The quantitative estimate of drug-likeness (QED) is 0.675. The molecule has 1 aliphatic carbocycles. The van der Waals surface area contributed by atoms with Gasteiger partial charge in [0.05, 0.1) is 0 Å². The van der Waals surface area contributed by atoms with Crippen LogP contribution in [0.5, 0.6) is 0 Å². The third-order valence-electron chi connectivity index (χ3n) is 3.69. The zero-order valence-corrected chi connectivity index (χ0v) is 10.2. The number of amides is 1. The van der Waals surface area contributed by atoms with Gasteiger partial charge in [0, 0.05) is 32.1 Å². The lowest BCUT2D eigenvalue weighted by Crippen LogP contribution is -2.38. The Kier molecular flexibility index (Phi) is 3.99. The van der Waals surface area contributed by atoms with Crippen LogP contribution in [0.3, 0.4) is 0 Å². The van der Waals surface area contributed by atoms with Crippen LogP contribution in [0.1, 0.15) is 32.1 Å². The van der Waals surface area contributed by atoms with Gasteiger partial charge in [-0.3, -0.25) is 9.69 Å². The predicted molar refractivity (Wildman–Crippen MR) is 65.2 cm³/mol. The van der Waals surface area contributed by atoms with Crippen molar-refractivity contribution in [3.63, 3.8) is 0 Å². The molecule has 0 spiro atoms. The average Bonchev–Trinajstić information content (AvgIpc) is 2.73. The molecule has 90 valence electrons. The Hall–Kier alpha value is -0.830. The molecule has 16 heavy (non-hydrogen) atoms. The molecular formula is C13H22N2O. The highest BCUT2D eigenvalue weighted by atomic mass is 16.2. The first-order valence-corrected chi connectivity index (χ1v) is 6.42. The molecule has 0 bridgehead atoms. The molecule has 0 N–H and O–H groups in total. The maximum atomic E-state index is 11.5. The topological polar surface area (TPSA) is 23.6 Å². The van der Waals surface area contributed by atoms with Crippen LogP contribution in [0.2, 0.25) is 0 Å². The minimum atomic E-state index is 0.340. The van der Waals surface area contributed by atoms with Crippen molar-refractivity contribution in [1.82, 2.24) is 9.80 Å². The number of likely N-dealkylation sites (N-methyl/N-ethyl adjacent to an activating group) is 1. The largest absolute Gasteiger partial charge is 0.341 e. The number of rotatable bonds is 4. The van der Waals surface area contributed by atoms with Gasteiger partial charge in [-0.25, -0.2) is 0 Å². The molecule has 1 aliphatic heterocycles. The predicted octanol–water partition coefficient (Wildman–Crippen LogP) is 1.65. The minimum absolute atomic E-state index is 0.340. The van der Waals surface area contributed by atoms with E-state index in [0.29, 0.717) is 11.9 Å². The van der Waals surface area contributed by atoms with Gasteiger partial charge >= 0.3 is 0 Å². The van der Waals surface area contributed by atoms with E-state index in [1.165, 1.54) is 19.3 Å². The summed E-state index contributed by atoms with van der Waals surface area (Å²) in [5, 5.41) is 0. The Morgan fingerprint density at radius 2 is 2.38 bits per heavy atom. The smallest absolute Gasteiger partial charge is 0.222 e. The fourth-order valence-corrected chi connectivity index (χ4v) is 2.55. The third kappa shape index (κ3) is 2.85. The van der Waals surface area contributed by atoms with Gasteiger partial charge in [-0.05, 0) is 32.7 Å². The van der Waals surface area contributed by atoms with E-state index < -0.39 is 0 Å². The van der Waals surface area contributed by atoms with Crippen LogP contribution in [0.15, 0.2) is 12.2 Å². The minimum Gasteiger partial charge on any atom is -0.341 e. The van der Waals surface area contributed by atoms with Gasteiger partial charge in [0.1, 0.15) is 0 Å². The van der Waals surface area contributed by atoms with Gasteiger partial charge in [0.15, 0.2) is 0 Å². The van der Waals surface area contributed by atoms with E-state index in [1.807, 2.05) is 4.90 Å². The van der Waals surface area contributed by atoms with Crippen LogP contribution in [-0.2, 0) is 4.79 Å². The average molecular weight is 222 g/mol. The lowest BCUT2D eigenvalue weighted by Gasteiger charge is -2.29. The molecule has 1 saturated heterocycles. The van der Waals surface area contributed by atoms with Gasteiger partial charge in [0.25, 0.3) is 0 Å². The lowest BCUT2D eigenvalue weighted by atomic mass is 10.0. The maximum Gasteiger partial charge on any atom is 0.222 e. The van der Waals surface area contributed by atoms with E-state index in [4.69, 9.17) is 0 Å². The van der Waals surface area contributed by atoms with Crippen molar-refractivity contribution in [3.05, 3.63) is 12.2 Å². The lowest BCUT2D eigenvalue weighted by molar-refractivity contribution is -0.127.